The largest absolute Gasteiger partial charge is 0.417 e. The second-order valence-corrected chi connectivity index (χ2v) is 3.33. The topological polar surface area (TPSA) is 12.9 Å². The molecule has 0 aliphatic carbocycles. The van der Waals surface area contributed by atoms with E-state index in [4.69, 9.17) is 0 Å². The number of alkyl halides is 3. The van der Waals surface area contributed by atoms with E-state index < -0.39 is 11.7 Å². The van der Waals surface area contributed by atoms with Crippen LogP contribution in [-0.2, 0) is 6.18 Å². The lowest BCUT2D eigenvalue weighted by Crippen LogP contribution is -2.07. The first kappa shape index (κ1) is 9.96. The van der Waals surface area contributed by atoms with Crippen molar-refractivity contribution in [2.24, 2.45) is 0 Å². The number of hydrogen-bond acceptors (Lipinski definition) is 1. The number of nitrogens with zero attached hydrogens (tertiary/aromatic N) is 1. The summed E-state index contributed by atoms with van der Waals surface area (Å²) in [5.74, 6) is 0. The number of aryl methyl sites for hydroxylation is 1. The SMILES string of the molecule is Cc1cc(C(F)(F)F)c2ccccc2n1. The molecule has 0 amide bonds. The Labute approximate surface area is 84.6 Å². The van der Waals surface area contributed by atoms with Crippen molar-refractivity contribution in [3.63, 3.8) is 0 Å². The van der Waals surface area contributed by atoms with Crippen LogP contribution in [0.1, 0.15) is 11.3 Å². The van der Waals surface area contributed by atoms with E-state index in [0.29, 0.717) is 11.2 Å². The summed E-state index contributed by atoms with van der Waals surface area (Å²) < 4.78 is 38.0. The highest BCUT2D eigenvalue weighted by atomic mass is 19.4. The lowest BCUT2D eigenvalue weighted by molar-refractivity contribution is -0.136. The fraction of sp³-hybridized carbons (Fsp3) is 0.182. The van der Waals surface area contributed by atoms with Gasteiger partial charge in [0.2, 0.25) is 0 Å². The number of aromatic nitrogens is 1. The maximum absolute atomic E-state index is 12.7. The molecule has 2 aromatic rings. The van der Waals surface area contributed by atoms with Gasteiger partial charge < -0.3 is 0 Å². The number of halogens is 3. The van der Waals surface area contributed by atoms with Gasteiger partial charge in [0, 0.05) is 11.1 Å². The molecule has 0 saturated heterocycles. The molecule has 78 valence electrons. The highest BCUT2D eigenvalue weighted by molar-refractivity contribution is 5.82. The minimum absolute atomic E-state index is 0.149. The van der Waals surface area contributed by atoms with E-state index in [9.17, 15) is 13.2 Å². The van der Waals surface area contributed by atoms with Gasteiger partial charge in [-0.15, -0.1) is 0 Å². The monoisotopic (exact) mass is 211 g/mol. The summed E-state index contributed by atoms with van der Waals surface area (Å²) in [5.41, 5.74) is 0.136. The van der Waals surface area contributed by atoms with Crippen LogP contribution in [0.3, 0.4) is 0 Å². The van der Waals surface area contributed by atoms with Gasteiger partial charge in [0.1, 0.15) is 0 Å². The van der Waals surface area contributed by atoms with Crippen molar-refractivity contribution in [3.05, 3.63) is 41.6 Å². The Morgan fingerprint density at radius 3 is 2.47 bits per heavy atom. The van der Waals surface area contributed by atoms with Gasteiger partial charge in [-0.1, -0.05) is 18.2 Å². The molecule has 0 fully saturated rings. The Morgan fingerprint density at radius 1 is 1.13 bits per heavy atom. The maximum atomic E-state index is 12.7. The molecule has 1 aromatic carbocycles. The van der Waals surface area contributed by atoms with E-state index in [1.807, 2.05) is 0 Å². The van der Waals surface area contributed by atoms with Crippen molar-refractivity contribution in [1.29, 1.82) is 0 Å². The highest BCUT2D eigenvalue weighted by Crippen LogP contribution is 2.34. The molecule has 0 N–H and O–H groups in total. The first-order chi connectivity index (χ1) is 6.98. The van der Waals surface area contributed by atoms with Gasteiger partial charge in [-0.05, 0) is 19.1 Å². The fourth-order valence-electron chi connectivity index (χ4n) is 1.54. The van der Waals surface area contributed by atoms with Crippen LogP contribution in [0.15, 0.2) is 30.3 Å². The van der Waals surface area contributed by atoms with Crippen molar-refractivity contribution >= 4 is 10.9 Å². The molecule has 15 heavy (non-hydrogen) atoms. The van der Waals surface area contributed by atoms with Crippen LogP contribution in [0.2, 0.25) is 0 Å². The third kappa shape index (κ3) is 1.79. The summed E-state index contributed by atoms with van der Waals surface area (Å²) in [6.45, 7) is 1.56. The second-order valence-electron chi connectivity index (χ2n) is 3.33. The summed E-state index contributed by atoms with van der Waals surface area (Å²) in [5, 5.41) is 0.149. The zero-order chi connectivity index (χ0) is 11.1. The van der Waals surface area contributed by atoms with Gasteiger partial charge >= 0.3 is 6.18 Å². The van der Waals surface area contributed by atoms with E-state index in [2.05, 4.69) is 4.98 Å². The molecule has 4 heteroatoms. The Hall–Kier alpha value is -1.58. The predicted octanol–water partition coefficient (Wildman–Crippen LogP) is 3.56. The molecular formula is C11H8F3N. The van der Waals surface area contributed by atoms with Gasteiger partial charge in [-0.25, -0.2) is 0 Å². The molecule has 0 saturated carbocycles. The number of pyridine rings is 1. The van der Waals surface area contributed by atoms with Gasteiger partial charge in [0.25, 0.3) is 0 Å². The van der Waals surface area contributed by atoms with Gasteiger partial charge in [0.05, 0.1) is 11.1 Å². The number of benzene rings is 1. The van der Waals surface area contributed by atoms with Crippen molar-refractivity contribution in [3.8, 4) is 0 Å². The van der Waals surface area contributed by atoms with Crippen molar-refractivity contribution < 1.29 is 13.2 Å². The zero-order valence-corrected chi connectivity index (χ0v) is 7.97. The number of rotatable bonds is 0. The number of fused-ring (bicyclic) bond motifs is 1. The molecule has 2 rings (SSSR count). The first-order valence-corrected chi connectivity index (χ1v) is 4.42. The molecule has 0 spiro atoms. The van der Waals surface area contributed by atoms with Crippen LogP contribution < -0.4 is 0 Å². The first-order valence-electron chi connectivity index (χ1n) is 4.42. The quantitative estimate of drug-likeness (QED) is 0.649. The molecule has 1 heterocycles. The van der Waals surface area contributed by atoms with Gasteiger partial charge in [0.15, 0.2) is 0 Å². The minimum atomic E-state index is -4.33. The maximum Gasteiger partial charge on any atom is 0.417 e. The second kappa shape index (κ2) is 3.22. The lowest BCUT2D eigenvalue weighted by atomic mass is 10.1. The Balaban J connectivity index is 2.83. The van der Waals surface area contributed by atoms with Crippen LogP contribution in [0, 0.1) is 6.92 Å². The smallest absolute Gasteiger partial charge is 0.253 e. The van der Waals surface area contributed by atoms with Crippen LogP contribution in [0.25, 0.3) is 10.9 Å². The van der Waals surface area contributed by atoms with Crippen LogP contribution in [0.5, 0.6) is 0 Å². The molecule has 0 atom stereocenters. The zero-order valence-electron chi connectivity index (χ0n) is 7.97. The molecule has 0 aliphatic heterocycles. The van der Waals surface area contributed by atoms with E-state index in [1.54, 1.807) is 25.1 Å². The normalized spacial score (nSPS) is 12.0. The van der Waals surface area contributed by atoms with Crippen LogP contribution >= 0.6 is 0 Å². The van der Waals surface area contributed by atoms with E-state index in [1.165, 1.54) is 6.07 Å². The van der Waals surface area contributed by atoms with Crippen molar-refractivity contribution in [1.82, 2.24) is 4.98 Å². The standard InChI is InChI=1S/C11H8F3N/c1-7-6-9(11(12,13)14)8-4-2-3-5-10(8)15-7/h2-6H,1H3. The molecule has 1 aromatic heterocycles. The molecular weight excluding hydrogens is 203 g/mol. The Kier molecular flexibility index (Phi) is 2.14. The van der Waals surface area contributed by atoms with Gasteiger partial charge in [-0.3, -0.25) is 4.98 Å². The molecule has 0 bridgehead atoms. The van der Waals surface area contributed by atoms with E-state index >= 15 is 0 Å². The summed E-state index contributed by atoms with van der Waals surface area (Å²) in [7, 11) is 0. The highest BCUT2D eigenvalue weighted by Gasteiger charge is 2.32. The number of para-hydroxylation sites is 1. The molecule has 1 nitrogen and oxygen atoms in total. The molecule has 0 radical (unpaired) electrons. The Morgan fingerprint density at radius 2 is 1.80 bits per heavy atom. The summed E-state index contributed by atoms with van der Waals surface area (Å²) in [6.07, 6.45) is -4.33. The fourth-order valence-corrected chi connectivity index (χ4v) is 1.54. The summed E-state index contributed by atoms with van der Waals surface area (Å²) >= 11 is 0. The van der Waals surface area contributed by atoms with Crippen molar-refractivity contribution in [2.45, 2.75) is 13.1 Å². The van der Waals surface area contributed by atoms with E-state index in [0.717, 1.165) is 6.07 Å². The van der Waals surface area contributed by atoms with Gasteiger partial charge in [-0.2, -0.15) is 13.2 Å². The third-order valence-corrected chi connectivity index (χ3v) is 2.15. The Bertz CT molecular complexity index is 503. The summed E-state index contributed by atoms with van der Waals surface area (Å²) in [4.78, 5) is 4.05. The van der Waals surface area contributed by atoms with E-state index in [-0.39, 0.29) is 5.39 Å². The number of hydrogen-bond donors (Lipinski definition) is 0. The predicted molar refractivity (Wildman–Crippen MR) is 51.5 cm³/mol. The summed E-state index contributed by atoms with van der Waals surface area (Å²) in [6, 6.07) is 7.34. The lowest BCUT2D eigenvalue weighted by Gasteiger charge is -2.10. The average Bonchev–Trinajstić information content (AvgIpc) is 2.15. The van der Waals surface area contributed by atoms with Crippen LogP contribution in [-0.4, -0.2) is 4.98 Å². The minimum Gasteiger partial charge on any atom is -0.253 e. The average molecular weight is 211 g/mol. The molecule has 0 aliphatic rings. The third-order valence-electron chi connectivity index (χ3n) is 2.15. The van der Waals surface area contributed by atoms with Crippen molar-refractivity contribution in [2.75, 3.05) is 0 Å². The molecule has 0 unspecified atom stereocenters. The van der Waals surface area contributed by atoms with Crippen LogP contribution in [0.4, 0.5) is 13.2 Å².